The van der Waals surface area contributed by atoms with Crippen LogP contribution in [0.25, 0.3) is 0 Å². The maximum absolute atomic E-state index is 5.88. The van der Waals surface area contributed by atoms with Crippen molar-refractivity contribution < 1.29 is 0 Å². The average Bonchev–Trinajstić information content (AvgIpc) is 2.13. The van der Waals surface area contributed by atoms with Crippen LogP contribution in [0.3, 0.4) is 0 Å². The molecule has 80 valence electrons. The molecule has 0 amide bonds. The molecule has 0 fully saturated rings. The fourth-order valence-electron chi connectivity index (χ4n) is 0.989. The summed E-state index contributed by atoms with van der Waals surface area (Å²) in [4.78, 5) is 2.13. The second-order valence-corrected chi connectivity index (χ2v) is 4.17. The summed E-state index contributed by atoms with van der Waals surface area (Å²) in [7, 11) is 4.10. The van der Waals surface area contributed by atoms with Gasteiger partial charge in [0, 0.05) is 30.4 Å². The monoisotopic (exact) mass is 226 g/mol. The average molecular weight is 227 g/mol. The molecule has 0 saturated heterocycles. The Hall–Kier alpha value is 0.500. The normalized spacial score (nSPS) is 12.5. The molecule has 0 aliphatic carbocycles. The lowest BCUT2D eigenvalue weighted by Crippen LogP contribution is -2.50. The van der Waals surface area contributed by atoms with Crippen LogP contribution in [-0.2, 0) is 0 Å². The van der Waals surface area contributed by atoms with E-state index in [1.807, 2.05) is 0 Å². The Morgan fingerprint density at radius 2 is 1.77 bits per heavy atom. The Morgan fingerprint density at radius 1 is 1.23 bits per heavy atom. The van der Waals surface area contributed by atoms with E-state index in [-0.39, 0.29) is 5.54 Å². The largest absolute Gasteiger partial charge is 0.308 e. The van der Waals surface area contributed by atoms with Crippen molar-refractivity contribution in [1.82, 2.24) is 10.2 Å². The van der Waals surface area contributed by atoms with Crippen molar-refractivity contribution in [3.05, 3.63) is 0 Å². The second-order valence-electron chi connectivity index (χ2n) is 3.63. The van der Waals surface area contributed by atoms with E-state index < -0.39 is 0 Å². The molecule has 4 heteroatoms. The highest BCUT2D eigenvalue weighted by molar-refractivity contribution is 6.22. The Kier molecular flexibility index (Phi) is 7.15. The Bertz CT molecular complexity index is 117. The minimum atomic E-state index is -0.0842. The molecule has 0 rings (SSSR count). The van der Waals surface area contributed by atoms with Crippen LogP contribution in [0.5, 0.6) is 0 Å². The van der Waals surface area contributed by atoms with Crippen molar-refractivity contribution in [2.45, 2.75) is 18.9 Å². The second kappa shape index (κ2) is 6.88. The third kappa shape index (κ3) is 5.06. The van der Waals surface area contributed by atoms with Gasteiger partial charge in [-0.15, -0.1) is 23.2 Å². The molecular formula is C9H20Cl2N2. The smallest absolute Gasteiger partial charge is 0.0451 e. The molecular weight excluding hydrogens is 207 g/mol. The van der Waals surface area contributed by atoms with Gasteiger partial charge in [0.15, 0.2) is 0 Å². The number of hydrogen-bond donors (Lipinski definition) is 1. The number of hydrogen-bond acceptors (Lipinski definition) is 2. The van der Waals surface area contributed by atoms with Crippen molar-refractivity contribution >= 4 is 23.2 Å². The molecule has 13 heavy (non-hydrogen) atoms. The lowest BCUT2D eigenvalue weighted by molar-refractivity contribution is 0.338. The number of nitrogens with zero attached hydrogens (tertiary/aromatic N) is 1. The Labute approximate surface area is 91.6 Å². The van der Waals surface area contributed by atoms with Crippen LogP contribution < -0.4 is 5.32 Å². The standard InChI is InChI=1S/C9H20Cl2N2/c1-4-9(7-10,8-11)12-5-6-13(2)3/h12H,4-8H2,1-3H3. The minimum absolute atomic E-state index is 0.0842. The summed E-state index contributed by atoms with van der Waals surface area (Å²) in [5, 5.41) is 3.41. The zero-order valence-electron chi connectivity index (χ0n) is 8.74. The van der Waals surface area contributed by atoms with Gasteiger partial charge in [0.1, 0.15) is 0 Å². The van der Waals surface area contributed by atoms with Gasteiger partial charge in [-0.2, -0.15) is 0 Å². The van der Waals surface area contributed by atoms with Crippen molar-refractivity contribution in [2.24, 2.45) is 0 Å². The van der Waals surface area contributed by atoms with E-state index in [9.17, 15) is 0 Å². The number of alkyl halides is 2. The molecule has 0 saturated carbocycles. The van der Waals surface area contributed by atoms with Crippen molar-refractivity contribution in [2.75, 3.05) is 38.9 Å². The predicted octanol–water partition coefficient (Wildman–Crippen LogP) is 1.76. The van der Waals surface area contributed by atoms with Gasteiger partial charge in [0.25, 0.3) is 0 Å². The van der Waals surface area contributed by atoms with Gasteiger partial charge in [-0.1, -0.05) is 6.92 Å². The lowest BCUT2D eigenvalue weighted by atomic mass is 10.0. The van der Waals surface area contributed by atoms with Crippen LogP contribution in [0.15, 0.2) is 0 Å². The van der Waals surface area contributed by atoms with Crippen LogP contribution >= 0.6 is 23.2 Å². The third-order valence-corrected chi connectivity index (χ3v) is 3.27. The van der Waals surface area contributed by atoms with E-state index in [0.717, 1.165) is 19.5 Å². The highest BCUT2D eigenvalue weighted by Crippen LogP contribution is 2.14. The van der Waals surface area contributed by atoms with Crippen molar-refractivity contribution in [3.63, 3.8) is 0 Å². The van der Waals surface area contributed by atoms with Crippen LogP contribution in [0.4, 0.5) is 0 Å². The Morgan fingerprint density at radius 3 is 2.08 bits per heavy atom. The summed E-state index contributed by atoms with van der Waals surface area (Å²) in [6.45, 7) is 4.04. The van der Waals surface area contributed by atoms with Gasteiger partial charge in [-0.3, -0.25) is 0 Å². The molecule has 0 heterocycles. The Balaban J connectivity index is 3.81. The SMILES string of the molecule is CCC(CCl)(CCl)NCCN(C)C. The molecule has 0 spiro atoms. The number of rotatable bonds is 7. The van der Waals surface area contributed by atoms with Crippen molar-refractivity contribution in [3.8, 4) is 0 Å². The molecule has 2 nitrogen and oxygen atoms in total. The molecule has 0 aromatic rings. The molecule has 1 N–H and O–H groups in total. The molecule has 0 unspecified atom stereocenters. The van der Waals surface area contributed by atoms with E-state index in [2.05, 4.69) is 31.2 Å². The topological polar surface area (TPSA) is 15.3 Å². The first kappa shape index (κ1) is 13.5. The molecule has 0 radical (unpaired) electrons. The molecule has 0 aromatic carbocycles. The summed E-state index contributed by atoms with van der Waals surface area (Å²) in [6.07, 6.45) is 0.966. The van der Waals surface area contributed by atoms with E-state index in [1.54, 1.807) is 0 Å². The first-order valence-corrected chi connectivity index (χ1v) is 5.69. The maximum atomic E-state index is 5.88. The number of halogens is 2. The van der Waals surface area contributed by atoms with Crippen LogP contribution in [0.2, 0.25) is 0 Å². The van der Waals surface area contributed by atoms with Gasteiger partial charge >= 0.3 is 0 Å². The maximum Gasteiger partial charge on any atom is 0.0451 e. The molecule has 0 aliphatic heterocycles. The van der Waals surface area contributed by atoms with E-state index in [1.165, 1.54) is 0 Å². The third-order valence-electron chi connectivity index (χ3n) is 2.25. The first-order valence-electron chi connectivity index (χ1n) is 4.62. The highest BCUT2D eigenvalue weighted by atomic mass is 35.5. The van der Waals surface area contributed by atoms with Gasteiger partial charge in [-0.25, -0.2) is 0 Å². The fraction of sp³-hybridized carbons (Fsp3) is 1.00. The van der Waals surface area contributed by atoms with Gasteiger partial charge in [-0.05, 0) is 20.5 Å². The number of likely N-dealkylation sites (N-methyl/N-ethyl adjacent to an activating group) is 1. The zero-order valence-corrected chi connectivity index (χ0v) is 10.3. The highest BCUT2D eigenvalue weighted by Gasteiger charge is 2.24. The summed E-state index contributed by atoms with van der Waals surface area (Å²) in [5.74, 6) is 1.14. The molecule has 0 aliphatic rings. The fourth-order valence-corrected chi connectivity index (χ4v) is 1.84. The lowest BCUT2D eigenvalue weighted by Gasteiger charge is -2.30. The summed E-state index contributed by atoms with van der Waals surface area (Å²) in [6, 6.07) is 0. The minimum Gasteiger partial charge on any atom is -0.308 e. The molecule has 0 bridgehead atoms. The van der Waals surface area contributed by atoms with Crippen LogP contribution in [0.1, 0.15) is 13.3 Å². The summed E-state index contributed by atoms with van der Waals surface area (Å²) < 4.78 is 0. The quantitative estimate of drug-likeness (QED) is 0.667. The van der Waals surface area contributed by atoms with Gasteiger partial charge in [0.2, 0.25) is 0 Å². The van der Waals surface area contributed by atoms with E-state index >= 15 is 0 Å². The van der Waals surface area contributed by atoms with Crippen molar-refractivity contribution in [1.29, 1.82) is 0 Å². The number of nitrogens with one attached hydrogen (secondary N) is 1. The van der Waals surface area contributed by atoms with E-state index in [0.29, 0.717) is 11.8 Å². The van der Waals surface area contributed by atoms with Gasteiger partial charge < -0.3 is 10.2 Å². The molecule has 0 aromatic heterocycles. The predicted molar refractivity (Wildman–Crippen MR) is 61.0 cm³/mol. The van der Waals surface area contributed by atoms with Crippen LogP contribution in [0, 0.1) is 0 Å². The summed E-state index contributed by atoms with van der Waals surface area (Å²) in [5.41, 5.74) is -0.0842. The first-order chi connectivity index (χ1) is 6.10. The zero-order chi connectivity index (χ0) is 10.3. The molecule has 0 atom stereocenters. The summed E-state index contributed by atoms with van der Waals surface area (Å²) >= 11 is 11.8. The van der Waals surface area contributed by atoms with Gasteiger partial charge in [0.05, 0.1) is 0 Å². The van der Waals surface area contributed by atoms with E-state index in [4.69, 9.17) is 23.2 Å². The van der Waals surface area contributed by atoms with Crippen LogP contribution in [-0.4, -0.2) is 49.4 Å².